The van der Waals surface area contributed by atoms with Crippen LogP contribution in [0.3, 0.4) is 0 Å². The molecule has 1 aliphatic rings. The molecular weight excluding hydrogens is 194 g/mol. The molecule has 0 aromatic heterocycles. The van der Waals surface area contributed by atoms with Crippen molar-refractivity contribution in [3.05, 3.63) is 23.8 Å². The SMILES string of the molecule is NC(c1ccc(S)cc1O)C1CCC1. The van der Waals surface area contributed by atoms with Gasteiger partial charge >= 0.3 is 0 Å². The fourth-order valence-electron chi connectivity index (χ4n) is 1.87. The maximum Gasteiger partial charge on any atom is 0.121 e. The number of phenols is 1. The Morgan fingerprint density at radius 3 is 2.64 bits per heavy atom. The minimum absolute atomic E-state index is 0.0160. The number of rotatable bonds is 2. The van der Waals surface area contributed by atoms with E-state index in [0.717, 1.165) is 10.5 Å². The number of hydrogen-bond donors (Lipinski definition) is 3. The topological polar surface area (TPSA) is 46.2 Å². The largest absolute Gasteiger partial charge is 0.508 e. The van der Waals surface area contributed by atoms with Gasteiger partial charge in [0.05, 0.1) is 0 Å². The van der Waals surface area contributed by atoms with Crippen LogP contribution in [0.25, 0.3) is 0 Å². The van der Waals surface area contributed by atoms with Gasteiger partial charge in [0.1, 0.15) is 5.75 Å². The van der Waals surface area contributed by atoms with Crippen LogP contribution >= 0.6 is 12.6 Å². The fraction of sp³-hybridized carbons (Fsp3) is 0.455. The van der Waals surface area contributed by atoms with Gasteiger partial charge in [-0.25, -0.2) is 0 Å². The van der Waals surface area contributed by atoms with E-state index in [1.807, 2.05) is 12.1 Å². The number of thiol groups is 1. The van der Waals surface area contributed by atoms with Gasteiger partial charge in [0.25, 0.3) is 0 Å². The monoisotopic (exact) mass is 209 g/mol. The second kappa shape index (κ2) is 3.83. The molecule has 3 heteroatoms. The van der Waals surface area contributed by atoms with Crippen LogP contribution in [0.2, 0.25) is 0 Å². The lowest BCUT2D eigenvalue weighted by molar-refractivity contribution is 0.260. The fourth-order valence-corrected chi connectivity index (χ4v) is 2.06. The summed E-state index contributed by atoms with van der Waals surface area (Å²) < 4.78 is 0. The summed E-state index contributed by atoms with van der Waals surface area (Å²) in [4.78, 5) is 0.770. The van der Waals surface area contributed by atoms with Crippen LogP contribution in [0.15, 0.2) is 23.1 Å². The highest BCUT2D eigenvalue weighted by atomic mass is 32.1. The summed E-state index contributed by atoms with van der Waals surface area (Å²) in [6, 6.07) is 5.38. The lowest BCUT2D eigenvalue weighted by Gasteiger charge is -2.31. The van der Waals surface area contributed by atoms with Gasteiger partial charge < -0.3 is 10.8 Å². The van der Waals surface area contributed by atoms with E-state index in [1.54, 1.807) is 6.07 Å². The third-order valence-electron chi connectivity index (χ3n) is 3.03. The molecule has 0 spiro atoms. The van der Waals surface area contributed by atoms with Crippen LogP contribution in [0.4, 0.5) is 0 Å². The lowest BCUT2D eigenvalue weighted by atomic mass is 9.77. The van der Waals surface area contributed by atoms with Crippen molar-refractivity contribution in [1.29, 1.82) is 0 Å². The van der Waals surface area contributed by atoms with Gasteiger partial charge in [-0.15, -0.1) is 12.6 Å². The molecular formula is C11H15NOS. The first-order valence-electron chi connectivity index (χ1n) is 4.96. The van der Waals surface area contributed by atoms with Gasteiger partial charge in [-0.2, -0.15) is 0 Å². The maximum atomic E-state index is 9.70. The van der Waals surface area contributed by atoms with Gasteiger partial charge in [-0.1, -0.05) is 12.5 Å². The molecule has 1 aromatic rings. The van der Waals surface area contributed by atoms with Crippen molar-refractivity contribution in [2.24, 2.45) is 11.7 Å². The van der Waals surface area contributed by atoms with Crippen LogP contribution in [-0.2, 0) is 0 Å². The molecule has 1 atom stereocenters. The molecule has 0 aliphatic heterocycles. The molecule has 1 saturated carbocycles. The maximum absolute atomic E-state index is 9.70. The smallest absolute Gasteiger partial charge is 0.121 e. The summed E-state index contributed by atoms with van der Waals surface area (Å²) >= 11 is 4.16. The third kappa shape index (κ3) is 1.74. The van der Waals surface area contributed by atoms with E-state index < -0.39 is 0 Å². The number of nitrogens with two attached hydrogens (primary N) is 1. The van der Waals surface area contributed by atoms with Gasteiger partial charge in [0, 0.05) is 16.5 Å². The van der Waals surface area contributed by atoms with Gasteiger partial charge in [-0.3, -0.25) is 0 Å². The Bertz CT molecular complexity index is 336. The number of phenolic OH excluding ortho intramolecular Hbond substituents is 1. The Balaban J connectivity index is 2.22. The van der Waals surface area contributed by atoms with Crippen LogP contribution in [0.5, 0.6) is 5.75 Å². The van der Waals surface area contributed by atoms with E-state index in [2.05, 4.69) is 12.6 Å². The van der Waals surface area contributed by atoms with E-state index in [0.29, 0.717) is 5.92 Å². The zero-order valence-corrected chi connectivity index (χ0v) is 8.87. The molecule has 14 heavy (non-hydrogen) atoms. The first-order valence-corrected chi connectivity index (χ1v) is 5.40. The van der Waals surface area contributed by atoms with Crippen molar-refractivity contribution < 1.29 is 5.11 Å². The highest BCUT2D eigenvalue weighted by Gasteiger charge is 2.26. The van der Waals surface area contributed by atoms with Crippen molar-refractivity contribution in [3.8, 4) is 5.75 Å². The summed E-state index contributed by atoms with van der Waals surface area (Å²) in [6.45, 7) is 0. The minimum atomic E-state index is -0.0160. The summed E-state index contributed by atoms with van der Waals surface area (Å²) in [5, 5.41) is 9.70. The molecule has 76 valence electrons. The predicted molar refractivity (Wildman–Crippen MR) is 59.6 cm³/mol. The van der Waals surface area contributed by atoms with Crippen molar-refractivity contribution >= 4 is 12.6 Å². The van der Waals surface area contributed by atoms with E-state index in [4.69, 9.17) is 5.73 Å². The Kier molecular flexibility index (Phi) is 2.70. The molecule has 0 amide bonds. The summed E-state index contributed by atoms with van der Waals surface area (Å²) in [5.41, 5.74) is 6.92. The van der Waals surface area contributed by atoms with Crippen LogP contribution in [0.1, 0.15) is 30.9 Å². The summed E-state index contributed by atoms with van der Waals surface area (Å²) in [7, 11) is 0. The quantitative estimate of drug-likeness (QED) is 0.655. The van der Waals surface area contributed by atoms with Gasteiger partial charge in [0.15, 0.2) is 0 Å². The van der Waals surface area contributed by atoms with Crippen molar-refractivity contribution in [3.63, 3.8) is 0 Å². The number of benzene rings is 1. The average Bonchev–Trinajstić information content (AvgIpc) is 2.00. The van der Waals surface area contributed by atoms with Crippen LogP contribution in [-0.4, -0.2) is 5.11 Å². The summed E-state index contributed by atoms with van der Waals surface area (Å²) in [5.74, 6) is 0.823. The molecule has 1 aliphatic carbocycles. The van der Waals surface area contributed by atoms with E-state index >= 15 is 0 Å². The first-order chi connectivity index (χ1) is 6.68. The lowest BCUT2D eigenvalue weighted by Crippen LogP contribution is -2.26. The second-order valence-electron chi connectivity index (χ2n) is 3.96. The predicted octanol–water partition coefficient (Wildman–Crippen LogP) is 2.48. The van der Waals surface area contributed by atoms with Gasteiger partial charge in [-0.05, 0) is 30.9 Å². The van der Waals surface area contributed by atoms with Gasteiger partial charge in [0.2, 0.25) is 0 Å². The minimum Gasteiger partial charge on any atom is -0.508 e. The zero-order chi connectivity index (χ0) is 10.1. The summed E-state index contributed by atoms with van der Waals surface area (Å²) in [6.07, 6.45) is 3.64. The average molecular weight is 209 g/mol. The number of hydrogen-bond acceptors (Lipinski definition) is 3. The molecule has 3 N–H and O–H groups in total. The molecule has 1 fully saturated rings. The van der Waals surface area contributed by atoms with Crippen molar-refractivity contribution in [1.82, 2.24) is 0 Å². The molecule has 0 bridgehead atoms. The number of aromatic hydroxyl groups is 1. The Morgan fingerprint density at radius 1 is 1.43 bits per heavy atom. The molecule has 0 radical (unpaired) electrons. The van der Waals surface area contributed by atoms with Crippen molar-refractivity contribution in [2.45, 2.75) is 30.2 Å². The molecule has 1 unspecified atom stereocenters. The zero-order valence-electron chi connectivity index (χ0n) is 7.98. The van der Waals surface area contributed by atoms with E-state index in [9.17, 15) is 5.11 Å². The highest BCUT2D eigenvalue weighted by Crippen LogP contribution is 2.39. The van der Waals surface area contributed by atoms with E-state index in [-0.39, 0.29) is 11.8 Å². The van der Waals surface area contributed by atoms with Crippen molar-refractivity contribution in [2.75, 3.05) is 0 Å². The molecule has 2 rings (SSSR count). The molecule has 0 heterocycles. The van der Waals surface area contributed by atoms with Crippen LogP contribution < -0.4 is 5.73 Å². The molecule has 1 aromatic carbocycles. The Hall–Kier alpha value is -0.670. The second-order valence-corrected chi connectivity index (χ2v) is 4.48. The molecule has 2 nitrogen and oxygen atoms in total. The van der Waals surface area contributed by atoms with Crippen LogP contribution in [0, 0.1) is 5.92 Å². The highest BCUT2D eigenvalue weighted by molar-refractivity contribution is 7.80. The Morgan fingerprint density at radius 2 is 2.14 bits per heavy atom. The standard InChI is InChI=1S/C11H15NOS/c12-11(7-2-1-3-7)9-5-4-8(14)6-10(9)13/h4-7,11,13-14H,1-3,12H2. The first kappa shape index (κ1) is 9.87. The Labute approximate surface area is 89.5 Å². The molecule has 0 saturated heterocycles. The normalized spacial score (nSPS) is 19.0. The van der Waals surface area contributed by atoms with E-state index in [1.165, 1.54) is 19.3 Å². The third-order valence-corrected chi connectivity index (χ3v) is 3.31.